The second kappa shape index (κ2) is 6.04. The summed E-state index contributed by atoms with van der Waals surface area (Å²) < 4.78 is 5.49. The van der Waals surface area contributed by atoms with Gasteiger partial charge in [0.1, 0.15) is 0 Å². The van der Waals surface area contributed by atoms with Gasteiger partial charge in [0.25, 0.3) is 0 Å². The van der Waals surface area contributed by atoms with E-state index in [1.54, 1.807) is 5.57 Å². The second-order valence-corrected chi connectivity index (χ2v) is 9.16. The summed E-state index contributed by atoms with van der Waals surface area (Å²) in [6, 6.07) is 0. The highest BCUT2D eigenvalue weighted by molar-refractivity contribution is 5.77. The lowest BCUT2D eigenvalue weighted by atomic mass is 9.46. The zero-order valence-corrected chi connectivity index (χ0v) is 16.0. The third-order valence-electron chi connectivity index (χ3n) is 7.57. The molecule has 0 amide bonds. The average Bonchev–Trinajstić information content (AvgIpc) is 2.54. The maximum Gasteiger partial charge on any atom is 0.312 e. The van der Waals surface area contributed by atoms with E-state index < -0.39 is 0 Å². The van der Waals surface area contributed by atoms with E-state index in [1.807, 2.05) is 6.92 Å². The molecule has 24 heavy (non-hydrogen) atoms. The Labute approximate surface area is 147 Å². The molecule has 2 nitrogen and oxygen atoms in total. The maximum atomic E-state index is 12.8. The van der Waals surface area contributed by atoms with Crippen molar-refractivity contribution in [2.24, 2.45) is 28.1 Å². The van der Waals surface area contributed by atoms with Crippen molar-refractivity contribution in [3.8, 4) is 0 Å². The molecule has 0 bridgehead atoms. The minimum absolute atomic E-state index is 0.0340. The number of rotatable bonds is 3. The molecule has 2 heteroatoms. The van der Waals surface area contributed by atoms with Gasteiger partial charge in [-0.3, -0.25) is 4.79 Å². The van der Waals surface area contributed by atoms with Gasteiger partial charge in [-0.25, -0.2) is 0 Å². The van der Waals surface area contributed by atoms with Gasteiger partial charge in [-0.1, -0.05) is 38.0 Å². The summed E-state index contributed by atoms with van der Waals surface area (Å²) in [6.07, 6.45) is 12.7. The third kappa shape index (κ3) is 2.57. The van der Waals surface area contributed by atoms with Gasteiger partial charge in [-0.05, 0) is 75.0 Å². The van der Waals surface area contributed by atoms with E-state index in [4.69, 9.17) is 4.74 Å². The van der Waals surface area contributed by atoms with Crippen LogP contribution < -0.4 is 0 Å². The van der Waals surface area contributed by atoms with Crippen molar-refractivity contribution in [2.45, 2.75) is 72.6 Å². The highest BCUT2D eigenvalue weighted by Crippen LogP contribution is 2.63. The summed E-state index contributed by atoms with van der Waals surface area (Å²) in [5, 5.41) is 0. The molecule has 0 aromatic carbocycles. The lowest BCUT2D eigenvalue weighted by Gasteiger charge is -2.58. The van der Waals surface area contributed by atoms with Crippen LogP contribution in [0.2, 0.25) is 0 Å². The predicted molar refractivity (Wildman–Crippen MR) is 98.5 cm³/mol. The number of fused-ring (bicyclic) bond motifs is 3. The normalized spacial score (nSPS) is 44.8. The molecule has 2 fully saturated rings. The summed E-state index contributed by atoms with van der Waals surface area (Å²) in [6.45, 7) is 13.4. The number of esters is 1. The fourth-order valence-corrected chi connectivity index (χ4v) is 6.15. The number of ether oxygens (including phenoxy) is 1. The first-order valence-electron chi connectivity index (χ1n) is 9.80. The van der Waals surface area contributed by atoms with Crippen molar-refractivity contribution < 1.29 is 9.53 Å². The summed E-state index contributed by atoms with van der Waals surface area (Å²) in [5.74, 6) is 1.13. The van der Waals surface area contributed by atoms with Crippen LogP contribution in [0.25, 0.3) is 0 Å². The van der Waals surface area contributed by atoms with Gasteiger partial charge in [-0.2, -0.15) is 0 Å². The topological polar surface area (TPSA) is 26.3 Å². The molecule has 3 rings (SSSR count). The Morgan fingerprint density at radius 1 is 1.33 bits per heavy atom. The fraction of sp³-hybridized carbons (Fsp3) is 0.773. The SMILES string of the molecule is C=CC1(C)CC=C2C(CCC3C(C)(C(=O)OCC)CCCC23C)C1. The lowest BCUT2D eigenvalue weighted by molar-refractivity contribution is -0.167. The van der Waals surface area contributed by atoms with Crippen LogP contribution in [-0.2, 0) is 9.53 Å². The highest BCUT2D eigenvalue weighted by atomic mass is 16.5. The van der Waals surface area contributed by atoms with Crippen LogP contribution in [0.3, 0.4) is 0 Å². The Bertz CT molecular complexity index is 562. The zero-order valence-electron chi connectivity index (χ0n) is 16.0. The minimum atomic E-state index is -0.312. The Morgan fingerprint density at radius 2 is 2.08 bits per heavy atom. The van der Waals surface area contributed by atoms with Gasteiger partial charge in [0, 0.05) is 0 Å². The first kappa shape index (κ1) is 17.8. The number of hydrogen-bond donors (Lipinski definition) is 0. The summed E-state index contributed by atoms with van der Waals surface area (Å²) in [7, 11) is 0. The Kier molecular flexibility index (Phi) is 4.47. The van der Waals surface area contributed by atoms with E-state index in [9.17, 15) is 4.79 Å². The average molecular weight is 331 g/mol. The summed E-state index contributed by atoms with van der Waals surface area (Å²) in [4.78, 5) is 12.8. The maximum absolute atomic E-state index is 12.8. The van der Waals surface area contributed by atoms with Crippen molar-refractivity contribution in [3.05, 3.63) is 24.3 Å². The quantitative estimate of drug-likeness (QED) is 0.491. The molecule has 2 saturated carbocycles. The van der Waals surface area contributed by atoms with Crippen LogP contribution in [0, 0.1) is 28.1 Å². The highest BCUT2D eigenvalue weighted by Gasteiger charge is 2.58. The minimum Gasteiger partial charge on any atom is -0.466 e. The van der Waals surface area contributed by atoms with E-state index in [-0.39, 0.29) is 22.2 Å². The molecule has 0 spiro atoms. The molecular weight excluding hydrogens is 296 g/mol. The van der Waals surface area contributed by atoms with Crippen LogP contribution in [-0.4, -0.2) is 12.6 Å². The van der Waals surface area contributed by atoms with E-state index in [1.165, 1.54) is 19.3 Å². The molecule has 134 valence electrons. The largest absolute Gasteiger partial charge is 0.466 e. The van der Waals surface area contributed by atoms with Gasteiger partial charge in [0.15, 0.2) is 0 Å². The van der Waals surface area contributed by atoms with E-state index >= 15 is 0 Å². The van der Waals surface area contributed by atoms with Crippen LogP contribution in [0.4, 0.5) is 0 Å². The van der Waals surface area contributed by atoms with E-state index in [0.29, 0.717) is 18.4 Å². The molecule has 3 aliphatic rings. The molecule has 5 atom stereocenters. The van der Waals surface area contributed by atoms with Gasteiger partial charge >= 0.3 is 5.97 Å². The lowest BCUT2D eigenvalue weighted by Crippen LogP contribution is -2.53. The molecule has 5 unspecified atom stereocenters. The number of allylic oxidation sites excluding steroid dienone is 3. The Balaban J connectivity index is 1.95. The standard InChI is InChI=1S/C22H34O2/c1-6-20(3)14-11-17-16(15-20)9-10-18-21(17,4)12-8-13-22(18,5)19(23)24-7-2/h6,11,16,18H,1,7-10,12-15H2,2-5H3. The molecule has 0 radical (unpaired) electrons. The molecular formula is C22H34O2. The molecule has 0 N–H and O–H groups in total. The number of hydrogen-bond acceptors (Lipinski definition) is 2. The van der Waals surface area contributed by atoms with Gasteiger partial charge in [0.2, 0.25) is 0 Å². The molecule has 0 aliphatic heterocycles. The van der Waals surface area contributed by atoms with Gasteiger partial charge in [-0.15, -0.1) is 6.58 Å². The Hall–Kier alpha value is -1.05. The number of carbonyl (C=O) groups is 1. The Morgan fingerprint density at radius 3 is 2.75 bits per heavy atom. The fourth-order valence-electron chi connectivity index (χ4n) is 6.15. The van der Waals surface area contributed by atoms with Gasteiger partial charge < -0.3 is 4.74 Å². The smallest absolute Gasteiger partial charge is 0.312 e. The predicted octanol–water partition coefficient (Wildman–Crippen LogP) is 5.68. The van der Waals surface area contributed by atoms with Crippen LogP contribution in [0.1, 0.15) is 72.6 Å². The first-order chi connectivity index (χ1) is 11.3. The van der Waals surface area contributed by atoms with Crippen molar-refractivity contribution in [2.75, 3.05) is 6.61 Å². The molecule has 3 aliphatic carbocycles. The molecule has 0 saturated heterocycles. The molecule has 0 heterocycles. The third-order valence-corrected chi connectivity index (χ3v) is 7.57. The van der Waals surface area contributed by atoms with E-state index in [0.717, 1.165) is 25.7 Å². The van der Waals surface area contributed by atoms with Crippen LogP contribution >= 0.6 is 0 Å². The first-order valence-corrected chi connectivity index (χ1v) is 9.80. The zero-order chi connectivity index (χ0) is 17.6. The van der Waals surface area contributed by atoms with E-state index in [2.05, 4.69) is 39.5 Å². The van der Waals surface area contributed by atoms with Crippen molar-refractivity contribution in [1.29, 1.82) is 0 Å². The molecule has 0 aromatic rings. The van der Waals surface area contributed by atoms with Crippen molar-refractivity contribution in [3.63, 3.8) is 0 Å². The van der Waals surface area contributed by atoms with Crippen molar-refractivity contribution >= 4 is 5.97 Å². The van der Waals surface area contributed by atoms with Gasteiger partial charge in [0.05, 0.1) is 12.0 Å². The molecule has 0 aromatic heterocycles. The van der Waals surface area contributed by atoms with Crippen LogP contribution in [0.5, 0.6) is 0 Å². The van der Waals surface area contributed by atoms with Crippen LogP contribution in [0.15, 0.2) is 24.3 Å². The van der Waals surface area contributed by atoms with Crippen molar-refractivity contribution in [1.82, 2.24) is 0 Å². The second-order valence-electron chi connectivity index (χ2n) is 9.16. The summed E-state index contributed by atoms with van der Waals surface area (Å²) in [5.41, 5.74) is 1.75. The number of carbonyl (C=O) groups excluding carboxylic acids is 1. The summed E-state index contributed by atoms with van der Waals surface area (Å²) >= 11 is 0. The monoisotopic (exact) mass is 330 g/mol.